The maximum Gasteiger partial charge on any atom is 0.359 e. The maximum atomic E-state index is 11.4. The molecule has 0 aliphatic rings. The Balaban J connectivity index is 2.88. The van der Waals surface area contributed by atoms with Gasteiger partial charge in [0.25, 0.3) is 0 Å². The van der Waals surface area contributed by atoms with Gasteiger partial charge in [-0.25, -0.2) is 4.79 Å². The summed E-state index contributed by atoms with van der Waals surface area (Å²) in [6.45, 7) is 2.15. The third kappa shape index (κ3) is 2.51. The summed E-state index contributed by atoms with van der Waals surface area (Å²) in [5.74, 6) is 0.336. The highest BCUT2D eigenvalue weighted by Gasteiger charge is 2.15. The summed E-state index contributed by atoms with van der Waals surface area (Å²) < 4.78 is 6.50. The molecule has 0 bridgehead atoms. The van der Waals surface area contributed by atoms with E-state index in [0.717, 1.165) is 12.0 Å². The van der Waals surface area contributed by atoms with Crippen molar-refractivity contribution in [1.29, 1.82) is 0 Å². The fourth-order valence-electron chi connectivity index (χ4n) is 1.21. The van der Waals surface area contributed by atoms with Crippen molar-refractivity contribution in [3.05, 3.63) is 17.5 Å². The van der Waals surface area contributed by atoms with E-state index in [1.807, 2.05) is 6.20 Å². The standard InChI is InChI=1S/C9H14N2O2S/c1-3-13-9(12)8-7(4-5-14)6-11(2)10-8/h6,14H,3-5H2,1-2H3. The van der Waals surface area contributed by atoms with E-state index < -0.39 is 0 Å². The topological polar surface area (TPSA) is 44.1 Å². The average molecular weight is 214 g/mol. The van der Waals surface area contributed by atoms with Crippen LogP contribution in [0.1, 0.15) is 23.0 Å². The quantitative estimate of drug-likeness (QED) is 0.602. The van der Waals surface area contributed by atoms with Crippen LogP contribution >= 0.6 is 12.6 Å². The number of nitrogens with zero attached hydrogens (tertiary/aromatic N) is 2. The summed E-state index contributed by atoms with van der Waals surface area (Å²) in [5, 5.41) is 4.06. The van der Waals surface area contributed by atoms with Crippen molar-refractivity contribution in [2.75, 3.05) is 12.4 Å². The van der Waals surface area contributed by atoms with Gasteiger partial charge in [0.1, 0.15) is 0 Å². The Morgan fingerprint density at radius 1 is 1.71 bits per heavy atom. The van der Waals surface area contributed by atoms with Gasteiger partial charge >= 0.3 is 5.97 Å². The molecule has 4 nitrogen and oxygen atoms in total. The van der Waals surface area contributed by atoms with Crippen molar-refractivity contribution in [2.24, 2.45) is 7.05 Å². The predicted octanol–water partition coefficient (Wildman–Crippen LogP) is 1.07. The second kappa shape index (κ2) is 5.05. The van der Waals surface area contributed by atoms with Crippen LogP contribution in [0.15, 0.2) is 6.20 Å². The molecule has 0 saturated heterocycles. The molecule has 0 saturated carbocycles. The molecular weight excluding hydrogens is 200 g/mol. The lowest BCUT2D eigenvalue weighted by atomic mass is 10.2. The zero-order valence-electron chi connectivity index (χ0n) is 8.36. The minimum absolute atomic E-state index is 0.357. The third-order valence-corrected chi connectivity index (χ3v) is 1.98. The monoisotopic (exact) mass is 214 g/mol. The molecule has 0 spiro atoms. The molecule has 1 heterocycles. The molecular formula is C9H14N2O2S. The lowest BCUT2D eigenvalue weighted by molar-refractivity contribution is 0.0517. The molecule has 1 rings (SSSR count). The summed E-state index contributed by atoms with van der Waals surface area (Å²) in [7, 11) is 1.78. The van der Waals surface area contributed by atoms with Crippen LogP contribution in [-0.4, -0.2) is 28.1 Å². The molecule has 0 aliphatic heterocycles. The highest BCUT2D eigenvalue weighted by molar-refractivity contribution is 7.80. The minimum Gasteiger partial charge on any atom is -0.461 e. The van der Waals surface area contributed by atoms with Crippen molar-refractivity contribution in [3.8, 4) is 0 Å². The van der Waals surface area contributed by atoms with E-state index in [0.29, 0.717) is 18.1 Å². The molecule has 0 N–H and O–H groups in total. The maximum absolute atomic E-state index is 11.4. The van der Waals surface area contributed by atoms with Crippen LogP contribution in [0.4, 0.5) is 0 Å². The van der Waals surface area contributed by atoms with E-state index >= 15 is 0 Å². The van der Waals surface area contributed by atoms with Gasteiger partial charge in [0.15, 0.2) is 5.69 Å². The Bertz CT molecular complexity index is 323. The zero-order valence-corrected chi connectivity index (χ0v) is 9.25. The van der Waals surface area contributed by atoms with E-state index in [9.17, 15) is 4.79 Å². The number of carbonyl (C=O) groups excluding carboxylic acids is 1. The van der Waals surface area contributed by atoms with Crippen LogP contribution in [0.3, 0.4) is 0 Å². The van der Waals surface area contributed by atoms with Crippen LogP contribution in [0.5, 0.6) is 0 Å². The number of ether oxygens (including phenoxy) is 1. The van der Waals surface area contributed by atoms with Gasteiger partial charge in [0, 0.05) is 18.8 Å². The molecule has 0 radical (unpaired) electrons. The molecule has 14 heavy (non-hydrogen) atoms. The van der Waals surface area contributed by atoms with Gasteiger partial charge in [-0.15, -0.1) is 0 Å². The summed E-state index contributed by atoms with van der Waals surface area (Å²) in [6.07, 6.45) is 2.55. The first-order valence-corrected chi connectivity index (χ1v) is 5.12. The first-order chi connectivity index (χ1) is 6.69. The lowest BCUT2D eigenvalue weighted by Crippen LogP contribution is -2.08. The minimum atomic E-state index is -0.357. The van der Waals surface area contributed by atoms with Gasteiger partial charge in [-0.1, -0.05) is 0 Å². The number of aryl methyl sites for hydroxylation is 2. The van der Waals surface area contributed by atoms with Crippen molar-refractivity contribution in [1.82, 2.24) is 9.78 Å². The van der Waals surface area contributed by atoms with Crippen molar-refractivity contribution in [3.63, 3.8) is 0 Å². The Labute approximate surface area is 88.7 Å². The summed E-state index contributed by atoms with van der Waals surface area (Å²) in [5.41, 5.74) is 1.30. The SMILES string of the molecule is CCOC(=O)c1nn(C)cc1CCS. The first kappa shape index (κ1) is 11.1. The molecule has 0 atom stereocenters. The van der Waals surface area contributed by atoms with E-state index in [1.54, 1.807) is 18.7 Å². The number of hydrogen-bond acceptors (Lipinski definition) is 4. The zero-order chi connectivity index (χ0) is 10.6. The average Bonchev–Trinajstić information content (AvgIpc) is 2.48. The number of hydrogen-bond donors (Lipinski definition) is 1. The highest BCUT2D eigenvalue weighted by atomic mass is 32.1. The second-order valence-corrected chi connectivity index (χ2v) is 3.32. The number of aromatic nitrogens is 2. The lowest BCUT2D eigenvalue weighted by Gasteiger charge is -1.99. The molecule has 0 fully saturated rings. The van der Waals surface area contributed by atoms with Crippen LogP contribution in [0, 0.1) is 0 Å². The molecule has 0 unspecified atom stereocenters. The molecule has 1 aromatic rings. The smallest absolute Gasteiger partial charge is 0.359 e. The van der Waals surface area contributed by atoms with Crippen molar-refractivity contribution < 1.29 is 9.53 Å². The van der Waals surface area contributed by atoms with E-state index in [2.05, 4.69) is 17.7 Å². The van der Waals surface area contributed by atoms with Crippen LogP contribution in [0.25, 0.3) is 0 Å². The van der Waals surface area contributed by atoms with Gasteiger partial charge in [0.05, 0.1) is 6.61 Å². The number of rotatable bonds is 4. The molecule has 78 valence electrons. The molecule has 0 aromatic carbocycles. The molecule has 5 heteroatoms. The second-order valence-electron chi connectivity index (χ2n) is 2.87. The number of thiol groups is 1. The fraction of sp³-hybridized carbons (Fsp3) is 0.556. The van der Waals surface area contributed by atoms with Gasteiger partial charge in [0.2, 0.25) is 0 Å². The van der Waals surface area contributed by atoms with Gasteiger partial charge in [-0.3, -0.25) is 4.68 Å². The fourth-order valence-corrected chi connectivity index (χ4v) is 1.45. The molecule has 0 amide bonds. The Kier molecular flexibility index (Phi) is 4.00. The van der Waals surface area contributed by atoms with E-state index in [1.165, 1.54) is 0 Å². The van der Waals surface area contributed by atoms with Crippen LogP contribution in [0.2, 0.25) is 0 Å². The summed E-state index contributed by atoms with van der Waals surface area (Å²) >= 11 is 4.12. The Morgan fingerprint density at radius 2 is 2.43 bits per heavy atom. The van der Waals surface area contributed by atoms with E-state index in [-0.39, 0.29) is 5.97 Å². The highest BCUT2D eigenvalue weighted by Crippen LogP contribution is 2.09. The third-order valence-electron chi connectivity index (χ3n) is 1.75. The Hall–Kier alpha value is -0.970. The first-order valence-electron chi connectivity index (χ1n) is 4.49. The van der Waals surface area contributed by atoms with Gasteiger partial charge in [-0.2, -0.15) is 17.7 Å². The summed E-state index contributed by atoms with van der Waals surface area (Å²) in [4.78, 5) is 11.4. The number of esters is 1. The number of carbonyl (C=O) groups is 1. The normalized spacial score (nSPS) is 10.2. The van der Waals surface area contributed by atoms with Gasteiger partial charge < -0.3 is 4.74 Å². The van der Waals surface area contributed by atoms with Gasteiger partial charge in [-0.05, 0) is 19.1 Å². The Morgan fingerprint density at radius 3 is 3.00 bits per heavy atom. The predicted molar refractivity (Wildman–Crippen MR) is 56.7 cm³/mol. The largest absolute Gasteiger partial charge is 0.461 e. The molecule has 0 aliphatic carbocycles. The van der Waals surface area contributed by atoms with E-state index in [4.69, 9.17) is 4.74 Å². The van der Waals surface area contributed by atoms with Crippen LogP contribution in [-0.2, 0) is 18.2 Å². The summed E-state index contributed by atoms with van der Waals surface area (Å²) in [6, 6.07) is 0. The molecule has 1 aromatic heterocycles. The van der Waals surface area contributed by atoms with Crippen molar-refractivity contribution in [2.45, 2.75) is 13.3 Å². The van der Waals surface area contributed by atoms with Crippen LogP contribution < -0.4 is 0 Å². The van der Waals surface area contributed by atoms with Crippen molar-refractivity contribution >= 4 is 18.6 Å².